The lowest BCUT2D eigenvalue weighted by Gasteiger charge is -2.22. The van der Waals surface area contributed by atoms with Gasteiger partial charge in [0.05, 0.1) is 12.8 Å². The normalized spacial score (nSPS) is 18.6. The molecule has 3 rings (SSSR count). The Bertz CT molecular complexity index is 579. The summed E-state index contributed by atoms with van der Waals surface area (Å²) < 4.78 is 7.65. The molecule has 0 saturated heterocycles. The maximum Gasteiger partial charge on any atom is 0.122 e. The lowest BCUT2D eigenvalue weighted by Crippen LogP contribution is -2.33. The van der Waals surface area contributed by atoms with Crippen LogP contribution in [0.1, 0.15) is 23.5 Å². The number of nitrogens with zero attached hydrogens (tertiary/aromatic N) is 2. The van der Waals surface area contributed by atoms with Crippen molar-refractivity contribution >= 4 is 0 Å². The van der Waals surface area contributed by atoms with Crippen LogP contribution >= 0.6 is 0 Å². The molecule has 0 fully saturated rings. The summed E-state index contributed by atoms with van der Waals surface area (Å²) in [5, 5.41) is 7.68. The summed E-state index contributed by atoms with van der Waals surface area (Å²) in [7, 11) is 3.99. The van der Waals surface area contributed by atoms with E-state index in [1.54, 1.807) is 0 Å². The number of rotatable bonds is 5. The standard InChI is InChI=1S/C16H21N3O/c1-17-15(8-7-12-9-18-19(2)10-12)14-11-20-16-6-4-3-5-13(14)16/h3-6,9-10,14-15,17H,7-8,11H2,1-2H3. The van der Waals surface area contributed by atoms with Crippen LogP contribution in [0.15, 0.2) is 36.7 Å². The fourth-order valence-corrected chi connectivity index (χ4v) is 2.99. The average molecular weight is 271 g/mol. The largest absolute Gasteiger partial charge is 0.493 e. The van der Waals surface area contributed by atoms with E-state index in [-0.39, 0.29) is 0 Å². The molecule has 1 N–H and O–H groups in total. The molecule has 4 nitrogen and oxygen atoms in total. The van der Waals surface area contributed by atoms with Gasteiger partial charge < -0.3 is 10.1 Å². The summed E-state index contributed by atoms with van der Waals surface area (Å²) >= 11 is 0. The zero-order chi connectivity index (χ0) is 13.9. The van der Waals surface area contributed by atoms with E-state index in [1.165, 1.54) is 11.1 Å². The summed E-state index contributed by atoms with van der Waals surface area (Å²) in [6.45, 7) is 0.776. The van der Waals surface area contributed by atoms with Crippen molar-refractivity contribution in [3.63, 3.8) is 0 Å². The maximum absolute atomic E-state index is 5.79. The van der Waals surface area contributed by atoms with Gasteiger partial charge in [-0.1, -0.05) is 18.2 Å². The van der Waals surface area contributed by atoms with Crippen LogP contribution in [0.4, 0.5) is 0 Å². The number of fused-ring (bicyclic) bond motifs is 1. The minimum atomic E-state index is 0.429. The van der Waals surface area contributed by atoms with Gasteiger partial charge in [0.2, 0.25) is 0 Å². The third kappa shape index (κ3) is 2.56. The number of hydrogen-bond acceptors (Lipinski definition) is 3. The van der Waals surface area contributed by atoms with Crippen LogP contribution in [0.25, 0.3) is 0 Å². The first kappa shape index (κ1) is 13.2. The van der Waals surface area contributed by atoms with Crippen LogP contribution in [0.3, 0.4) is 0 Å². The highest BCUT2D eigenvalue weighted by Gasteiger charge is 2.30. The van der Waals surface area contributed by atoms with Crippen LogP contribution in [0.5, 0.6) is 5.75 Å². The van der Waals surface area contributed by atoms with Gasteiger partial charge in [0.25, 0.3) is 0 Å². The van der Waals surface area contributed by atoms with E-state index in [0.717, 1.165) is 25.2 Å². The van der Waals surface area contributed by atoms with Gasteiger partial charge in [-0.2, -0.15) is 5.10 Å². The number of aromatic nitrogens is 2. The quantitative estimate of drug-likeness (QED) is 0.905. The first-order valence-corrected chi connectivity index (χ1v) is 7.14. The third-order valence-corrected chi connectivity index (χ3v) is 4.10. The number of benzene rings is 1. The Hall–Kier alpha value is -1.81. The van der Waals surface area contributed by atoms with Crippen molar-refractivity contribution in [3.8, 4) is 5.75 Å². The second-order valence-electron chi connectivity index (χ2n) is 5.41. The van der Waals surface area contributed by atoms with E-state index in [0.29, 0.717) is 12.0 Å². The van der Waals surface area contributed by atoms with Gasteiger partial charge >= 0.3 is 0 Å². The lowest BCUT2D eigenvalue weighted by atomic mass is 9.90. The van der Waals surface area contributed by atoms with Crippen molar-refractivity contribution in [1.29, 1.82) is 0 Å². The molecule has 1 aliphatic rings. The molecule has 1 aromatic heterocycles. The van der Waals surface area contributed by atoms with Gasteiger partial charge in [-0.25, -0.2) is 0 Å². The van der Waals surface area contributed by atoms with Crippen LogP contribution in [0.2, 0.25) is 0 Å². The van der Waals surface area contributed by atoms with Crippen molar-refractivity contribution in [2.75, 3.05) is 13.7 Å². The Morgan fingerprint density at radius 1 is 1.45 bits per heavy atom. The van der Waals surface area contributed by atoms with E-state index in [1.807, 2.05) is 31.0 Å². The Labute approximate surface area is 119 Å². The zero-order valence-electron chi connectivity index (χ0n) is 12.0. The Morgan fingerprint density at radius 2 is 2.30 bits per heavy atom. The summed E-state index contributed by atoms with van der Waals surface area (Å²) in [5.74, 6) is 1.48. The maximum atomic E-state index is 5.79. The molecular formula is C16H21N3O. The van der Waals surface area contributed by atoms with Gasteiger partial charge in [0.15, 0.2) is 0 Å². The number of ether oxygens (including phenoxy) is 1. The molecule has 0 radical (unpaired) electrons. The number of likely N-dealkylation sites (N-methyl/N-ethyl adjacent to an activating group) is 1. The fourth-order valence-electron chi connectivity index (χ4n) is 2.99. The van der Waals surface area contributed by atoms with Crippen LogP contribution < -0.4 is 10.1 Å². The van der Waals surface area contributed by atoms with Crippen molar-refractivity contribution in [3.05, 3.63) is 47.8 Å². The smallest absolute Gasteiger partial charge is 0.122 e. The predicted octanol–water partition coefficient (Wildman–Crippen LogP) is 2.12. The molecule has 0 spiro atoms. The Kier molecular flexibility index (Phi) is 3.74. The van der Waals surface area contributed by atoms with E-state index in [4.69, 9.17) is 4.74 Å². The molecule has 2 heterocycles. The highest BCUT2D eigenvalue weighted by Crippen LogP contribution is 2.36. The number of nitrogens with one attached hydrogen (secondary N) is 1. The van der Waals surface area contributed by atoms with Gasteiger partial charge in [-0.05, 0) is 31.5 Å². The predicted molar refractivity (Wildman–Crippen MR) is 79.1 cm³/mol. The first-order valence-electron chi connectivity index (χ1n) is 7.14. The Morgan fingerprint density at radius 3 is 3.05 bits per heavy atom. The van der Waals surface area contributed by atoms with Gasteiger partial charge in [-0.15, -0.1) is 0 Å². The summed E-state index contributed by atoms with van der Waals surface area (Å²) in [4.78, 5) is 0. The number of para-hydroxylation sites is 1. The van der Waals surface area contributed by atoms with Crippen LogP contribution in [0, 0.1) is 0 Å². The summed E-state index contributed by atoms with van der Waals surface area (Å²) in [5.41, 5.74) is 2.62. The monoisotopic (exact) mass is 271 g/mol. The SMILES string of the molecule is CNC(CCc1cnn(C)c1)C1COc2ccccc21. The second kappa shape index (κ2) is 5.67. The topological polar surface area (TPSA) is 39.1 Å². The van der Waals surface area contributed by atoms with Gasteiger partial charge in [-0.3, -0.25) is 4.68 Å². The van der Waals surface area contributed by atoms with E-state index in [9.17, 15) is 0 Å². The van der Waals surface area contributed by atoms with Gasteiger partial charge in [0.1, 0.15) is 5.75 Å². The number of aryl methyl sites for hydroxylation is 2. The van der Waals surface area contributed by atoms with Crippen molar-refractivity contribution in [2.45, 2.75) is 24.8 Å². The molecule has 1 aliphatic heterocycles. The number of hydrogen-bond donors (Lipinski definition) is 1. The molecule has 0 bridgehead atoms. The Balaban J connectivity index is 1.68. The van der Waals surface area contributed by atoms with Crippen LogP contribution in [-0.4, -0.2) is 29.5 Å². The molecule has 0 amide bonds. The molecule has 0 aliphatic carbocycles. The molecule has 2 unspecified atom stereocenters. The van der Waals surface area contributed by atoms with Crippen molar-refractivity contribution < 1.29 is 4.74 Å². The minimum Gasteiger partial charge on any atom is -0.493 e. The molecule has 106 valence electrons. The summed E-state index contributed by atoms with van der Waals surface area (Å²) in [6, 6.07) is 8.79. The van der Waals surface area contributed by atoms with E-state index < -0.39 is 0 Å². The molecule has 1 aromatic carbocycles. The molecule has 20 heavy (non-hydrogen) atoms. The molecular weight excluding hydrogens is 250 g/mol. The molecule has 2 atom stereocenters. The van der Waals surface area contributed by atoms with Crippen molar-refractivity contribution in [2.24, 2.45) is 7.05 Å². The van der Waals surface area contributed by atoms with Gasteiger partial charge in [0, 0.05) is 30.8 Å². The lowest BCUT2D eigenvalue weighted by molar-refractivity contribution is 0.297. The second-order valence-corrected chi connectivity index (χ2v) is 5.41. The third-order valence-electron chi connectivity index (χ3n) is 4.10. The summed E-state index contributed by atoms with van der Waals surface area (Å²) in [6.07, 6.45) is 6.17. The average Bonchev–Trinajstić information content (AvgIpc) is 3.07. The van der Waals surface area contributed by atoms with E-state index >= 15 is 0 Å². The highest BCUT2D eigenvalue weighted by atomic mass is 16.5. The molecule has 4 heteroatoms. The zero-order valence-corrected chi connectivity index (χ0v) is 12.0. The van der Waals surface area contributed by atoms with Crippen LogP contribution in [-0.2, 0) is 13.5 Å². The first-order chi connectivity index (χ1) is 9.78. The van der Waals surface area contributed by atoms with E-state index in [2.05, 4.69) is 34.8 Å². The minimum absolute atomic E-state index is 0.429. The fraction of sp³-hybridized carbons (Fsp3) is 0.438. The molecule has 2 aromatic rings. The molecule has 0 saturated carbocycles. The van der Waals surface area contributed by atoms with Crippen molar-refractivity contribution in [1.82, 2.24) is 15.1 Å². The highest BCUT2D eigenvalue weighted by molar-refractivity contribution is 5.40.